The molecule has 1 aromatic carbocycles. The highest BCUT2D eigenvalue weighted by molar-refractivity contribution is 6.30. The molecule has 12 heteroatoms. The molecule has 0 saturated carbocycles. The van der Waals surface area contributed by atoms with Gasteiger partial charge in [0, 0.05) is 49.3 Å². The van der Waals surface area contributed by atoms with Crippen molar-refractivity contribution >= 4 is 29.5 Å². The summed E-state index contributed by atoms with van der Waals surface area (Å²) in [7, 11) is 1.47. The second-order valence-corrected chi connectivity index (χ2v) is 8.75. The highest BCUT2D eigenvalue weighted by atomic mass is 35.5. The van der Waals surface area contributed by atoms with Gasteiger partial charge < -0.3 is 25.3 Å². The number of ether oxygens (including phenoxy) is 1. The summed E-state index contributed by atoms with van der Waals surface area (Å²) in [5.41, 5.74) is 3.51. The molecule has 0 saturated heterocycles. The van der Waals surface area contributed by atoms with Crippen molar-refractivity contribution in [3.05, 3.63) is 70.0 Å². The molecule has 5 rings (SSSR count). The maximum Gasteiger partial charge on any atom is 0.246 e. The van der Waals surface area contributed by atoms with Crippen molar-refractivity contribution in [1.82, 2.24) is 30.2 Å². The summed E-state index contributed by atoms with van der Waals surface area (Å²) in [6.45, 7) is 1.30. The molecule has 0 spiro atoms. The third-order valence-electron chi connectivity index (χ3n) is 5.79. The van der Waals surface area contributed by atoms with Crippen molar-refractivity contribution in [2.75, 3.05) is 38.7 Å². The summed E-state index contributed by atoms with van der Waals surface area (Å²) >= 11 is 6.36. The number of rotatable bonds is 9. The third kappa shape index (κ3) is 5.52. The number of amides is 1. The fraction of sp³-hybridized carbons (Fsp3) is 0.240. The van der Waals surface area contributed by atoms with E-state index in [1.807, 2.05) is 0 Å². The Labute approximate surface area is 216 Å². The Morgan fingerprint density at radius 1 is 1.22 bits per heavy atom. The first-order valence-corrected chi connectivity index (χ1v) is 12.0. The Hall–Kier alpha value is -4.09. The lowest BCUT2D eigenvalue weighted by molar-refractivity contribution is -0.124. The number of halogens is 2. The van der Waals surface area contributed by atoms with Crippen LogP contribution >= 0.6 is 11.6 Å². The highest BCUT2D eigenvalue weighted by Crippen LogP contribution is 2.32. The molecular weight excluding hydrogens is 499 g/mol. The van der Waals surface area contributed by atoms with E-state index in [4.69, 9.17) is 21.3 Å². The number of benzene rings is 1. The number of carbonyl (C=O) groups is 1. The Morgan fingerprint density at radius 3 is 2.86 bits per heavy atom. The van der Waals surface area contributed by atoms with Gasteiger partial charge in [0.1, 0.15) is 29.4 Å². The van der Waals surface area contributed by atoms with Crippen LogP contribution in [0.1, 0.15) is 11.6 Å². The summed E-state index contributed by atoms with van der Waals surface area (Å²) < 4.78 is 18.3. The number of hydrogen-bond donors (Lipinski definition) is 4. The van der Waals surface area contributed by atoms with Gasteiger partial charge in [0.2, 0.25) is 11.9 Å². The van der Waals surface area contributed by atoms with Crippen molar-refractivity contribution in [2.45, 2.75) is 5.92 Å². The molecule has 4 heterocycles. The number of aromatic nitrogens is 5. The van der Waals surface area contributed by atoms with Crippen molar-refractivity contribution < 1.29 is 13.9 Å². The molecule has 4 aromatic rings. The van der Waals surface area contributed by atoms with Crippen LogP contribution in [0.4, 0.5) is 10.3 Å². The number of methoxy groups -OCH3 is 1. The predicted molar refractivity (Wildman–Crippen MR) is 137 cm³/mol. The molecule has 1 aliphatic heterocycles. The van der Waals surface area contributed by atoms with Crippen molar-refractivity contribution in [1.29, 1.82) is 0 Å². The van der Waals surface area contributed by atoms with Crippen LogP contribution in [0.2, 0.25) is 5.02 Å². The number of H-pyrrole nitrogens is 2. The molecule has 4 N–H and O–H groups in total. The van der Waals surface area contributed by atoms with Gasteiger partial charge in [-0.3, -0.25) is 9.79 Å². The Bertz CT molecular complexity index is 1530. The lowest BCUT2D eigenvalue weighted by atomic mass is 10.00. The van der Waals surface area contributed by atoms with Gasteiger partial charge in [-0.2, -0.15) is 0 Å². The minimum Gasteiger partial charge on any atom is -0.375 e. The van der Waals surface area contributed by atoms with Gasteiger partial charge in [-0.15, -0.1) is 0 Å². The Balaban J connectivity index is 1.46. The second kappa shape index (κ2) is 10.9. The highest BCUT2D eigenvalue weighted by Gasteiger charge is 2.23. The average Bonchev–Trinajstić information content (AvgIpc) is 3.51. The predicted octanol–water partition coefficient (Wildman–Crippen LogP) is 2.03. The van der Waals surface area contributed by atoms with E-state index >= 15 is 0 Å². The summed E-state index contributed by atoms with van der Waals surface area (Å²) in [5.74, 6) is 0.310. The molecule has 37 heavy (non-hydrogen) atoms. The molecule has 1 amide bonds. The summed E-state index contributed by atoms with van der Waals surface area (Å²) in [6, 6.07) is 7.89. The number of carbonyl (C=O) groups excluding carboxylic acids is 1. The van der Waals surface area contributed by atoms with Crippen LogP contribution in [-0.4, -0.2) is 64.2 Å². The van der Waals surface area contributed by atoms with Gasteiger partial charge in [-0.05, 0) is 30.3 Å². The molecule has 0 radical (unpaired) electrons. The van der Waals surface area contributed by atoms with Gasteiger partial charge in [-0.1, -0.05) is 17.7 Å². The maximum atomic E-state index is 13.5. The summed E-state index contributed by atoms with van der Waals surface area (Å²) in [6.07, 6.45) is 5.41. The van der Waals surface area contributed by atoms with Crippen molar-refractivity contribution in [3.63, 3.8) is 0 Å². The summed E-state index contributed by atoms with van der Waals surface area (Å²) in [5, 5.41) is 7.27. The molecule has 10 nitrogen and oxygen atoms in total. The lowest BCUT2D eigenvalue weighted by Crippen LogP contribution is -2.31. The molecule has 1 aliphatic rings. The van der Waals surface area contributed by atoms with E-state index in [1.54, 1.807) is 30.6 Å². The first-order chi connectivity index (χ1) is 18.0. The number of aromatic amines is 2. The van der Waals surface area contributed by atoms with Crippen LogP contribution in [-0.2, 0) is 9.53 Å². The van der Waals surface area contributed by atoms with Gasteiger partial charge in [-0.25, -0.2) is 19.3 Å². The zero-order valence-corrected chi connectivity index (χ0v) is 20.6. The normalized spacial score (nSPS) is 14.4. The van der Waals surface area contributed by atoms with Crippen LogP contribution < -0.4 is 21.3 Å². The molecule has 3 aromatic heterocycles. The fourth-order valence-corrected chi connectivity index (χ4v) is 4.24. The largest absolute Gasteiger partial charge is 0.375 e. The van der Waals surface area contributed by atoms with Crippen LogP contribution in [0.15, 0.2) is 47.7 Å². The first-order valence-electron chi connectivity index (χ1n) is 11.6. The van der Waals surface area contributed by atoms with E-state index in [1.165, 1.54) is 19.2 Å². The monoisotopic (exact) mass is 522 g/mol. The summed E-state index contributed by atoms with van der Waals surface area (Å²) in [4.78, 5) is 36.4. The van der Waals surface area contributed by atoms with E-state index in [0.29, 0.717) is 47.8 Å². The number of imidazole rings is 1. The van der Waals surface area contributed by atoms with Crippen molar-refractivity contribution in [3.8, 4) is 22.8 Å². The molecule has 0 aliphatic carbocycles. The zero-order chi connectivity index (χ0) is 25.8. The fourth-order valence-electron chi connectivity index (χ4n) is 4.04. The average molecular weight is 523 g/mol. The standard InChI is InChI=1S/C25H24ClFN8O2/c1-37-13-20(36)28-8-9-30-25-29-7-6-19(33-25)22-21(15-10-17-18(26)12-32-24(17)31-11-15)34-23(35-22)14-2-4-16(27)5-3-14/h2-7,10,12,15H,8-9,11,13H2,1H3,(H,28,36)(H,31,32)(H,34,35)(H,29,30,33). The lowest BCUT2D eigenvalue weighted by Gasteiger charge is -2.13. The van der Waals surface area contributed by atoms with Crippen LogP contribution in [0.5, 0.6) is 0 Å². The SMILES string of the molecule is COCC(=O)NCCNc1nccc(-c2nc(-c3ccc(F)cc3)[nH]c2C2C=c3c(Cl)c[nH]c3=NC2)n1. The Kier molecular flexibility index (Phi) is 7.24. The number of hydrogen-bond acceptors (Lipinski definition) is 7. The number of fused-ring (bicyclic) bond motifs is 1. The smallest absolute Gasteiger partial charge is 0.246 e. The van der Waals surface area contributed by atoms with Gasteiger partial charge >= 0.3 is 0 Å². The van der Waals surface area contributed by atoms with Gasteiger partial charge in [0.15, 0.2) is 0 Å². The van der Waals surface area contributed by atoms with Gasteiger partial charge in [0.25, 0.3) is 0 Å². The third-order valence-corrected chi connectivity index (χ3v) is 6.10. The van der Waals surface area contributed by atoms with Crippen LogP contribution in [0.25, 0.3) is 28.9 Å². The van der Waals surface area contributed by atoms with Crippen LogP contribution in [0.3, 0.4) is 0 Å². The van der Waals surface area contributed by atoms with E-state index in [-0.39, 0.29) is 24.2 Å². The minimum atomic E-state index is -0.324. The number of nitrogens with zero attached hydrogens (tertiary/aromatic N) is 4. The van der Waals surface area contributed by atoms with Crippen molar-refractivity contribution in [2.24, 2.45) is 4.99 Å². The number of anilines is 1. The van der Waals surface area contributed by atoms with E-state index in [0.717, 1.165) is 22.0 Å². The zero-order valence-electron chi connectivity index (χ0n) is 19.9. The molecule has 1 unspecified atom stereocenters. The molecule has 0 fully saturated rings. The Morgan fingerprint density at radius 2 is 2.05 bits per heavy atom. The van der Waals surface area contributed by atoms with E-state index < -0.39 is 0 Å². The molecule has 1 atom stereocenters. The minimum absolute atomic E-state index is 0.00421. The topological polar surface area (TPSA) is 133 Å². The van der Waals surface area contributed by atoms with Gasteiger partial charge in [0.05, 0.1) is 23.0 Å². The molecule has 0 bridgehead atoms. The molecule has 190 valence electrons. The molecular formula is C25H24ClFN8O2. The quantitative estimate of drug-likeness (QED) is 0.249. The maximum absolute atomic E-state index is 13.5. The number of nitrogens with one attached hydrogen (secondary N) is 4. The van der Waals surface area contributed by atoms with E-state index in [9.17, 15) is 9.18 Å². The van der Waals surface area contributed by atoms with Crippen LogP contribution in [0, 0.1) is 5.82 Å². The second-order valence-electron chi connectivity index (χ2n) is 8.34. The first kappa shape index (κ1) is 24.6. The van der Waals surface area contributed by atoms with E-state index in [2.05, 4.69) is 41.6 Å².